The van der Waals surface area contributed by atoms with Crippen LogP contribution in [0.1, 0.15) is 32.3 Å². The summed E-state index contributed by atoms with van der Waals surface area (Å²) >= 11 is 0. The fourth-order valence-corrected chi connectivity index (χ4v) is 3.52. The minimum atomic E-state index is -1.16. The highest BCUT2D eigenvalue weighted by molar-refractivity contribution is 5.16. The number of fused-ring (bicyclic) bond motifs is 1. The van der Waals surface area contributed by atoms with Crippen molar-refractivity contribution >= 4 is 0 Å². The van der Waals surface area contributed by atoms with E-state index in [-0.39, 0.29) is 11.5 Å². The molecule has 1 saturated carbocycles. The first kappa shape index (κ1) is 14.0. The minimum absolute atomic E-state index is 0.102. The highest BCUT2D eigenvalue weighted by Gasteiger charge is 2.65. The molecule has 0 aromatic heterocycles. The first-order chi connectivity index (χ1) is 9.46. The van der Waals surface area contributed by atoms with Crippen molar-refractivity contribution in [1.82, 2.24) is 0 Å². The Hall–Kier alpha value is -0.940. The van der Waals surface area contributed by atoms with Gasteiger partial charge in [-0.3, -0.25) is 0 Å². The van der Waals surface area contributed by atoms with Crippen LogP contribution >= 0.6 is 0 Å². The maximum absolute atomic E-state index is 10.3. The molecule has 1 aliphatic heterocycles. The van der Waals surface area contributed by atoms with E-state index in [2.05, 4.69) is 13.8 Å². The second-order valence-electron chi connectivity index (χ2n) is 6.57. The molecule has 1 unspecified atom stereocenters. The summed E-state index contributed by atoms with van der Waals surface area (Å²) in [5, 5.41) is 20.2. The Morgan fingerprint density at radius 2 is 1.90 bits per heavy atom. The predicted molar refractivity (Wildman–Crippen MR) is 73.9 cm³/mol. The Balaban J connectivity index is 1.81. The maximum atomic E-state index is 10.3. The van der Waals surface area contributed by atoms with E-state index >= 15 is 0 Å². The van der Waals surface area contributed by atoms with E-state index in [0.29, 0.717) is 13.0 Å². The van der Waals surface area contributed by atoms with Crippen LogP contribution in [-0.2, 0) is 16.1 Å². The summed E-state index contributed by atoms with van der Waals surface area (Å²) in [4.78, 5) is 0. The lowest BCUT2D eigenvalue weighted by molar-refractivity contribution is -0.145. The Morgan fingerprint density at radius 1 is 1.20 bits per heavy atom. The molecule has 3 rings (SSSR count). The Bertz CT molecular complexity index is 473. The van der Waals surface area contributed by atoms with E-state index in [1.165, 1.54) is 0 Å². The fourth-order valence-electron chi connectivity index (χ4n) is 3.52. The van der Waals surface area contributed by atoms with E-state index < -0.39 is 18.0 Å². The predicted octanol–water partition coefficient (Wildman–Crippen LogP) is 1.84. The van der Waals surface area contributed by atoms with Crippen molar-refractivity contribution in [2.45, 2.75) is 57.4 Å². The molecule has 0 spiro atoms. The normalized spacial score (nSPS) is 38.9. The molecular weight excluding hydrogens is 256 g/mol. The molecule has 4 nitrogen and oxygen atoms in total. The molecule has 1 aromatic carbocycles. The van der Waals surface area contributed by atoms with Gasteiger partial charge in [0.15, 0.2) is 6.29 Å². The molecule has 1 heterocycles. The third kappa shape index (κ3) is 2.07. The highest BCUT2D eigenvalue weighted by atomic mass is 16.7. The molecule has 4 atom stereocenters. The molecule has 1 aliphatic carbocycles. The van der Waals surface area contributed by atoms with Crippen molar-refractivity contribution in [3.8, 4) is 0 Å². The molecular formula is C16H22O4. The summed E-state index contributed by atoms with van der Waals surface area (Å²) in [5.74, 6) is 0. The first-order valence-electron chi connectivity index (χ1n) is 7.15. The molecule has 2 N–H and O–H groups in total. The highest BCUT2D eigenvalue weighted by Crippen LogP contribution is 2.54. The molecule has 1 saturated heterocycles. The van der Waals surface area contributed by atoms with Gasteiger partial charge in [0, 0.05) is 0 Å². The molecule has 0 amide bonds. The van der Waals surface area contributed by atoms with Gasteiger partial charge in [0.2, 0.25) is 0 Å². The zero-order valence-electron chi connectivity index (χ0n) is 12.0. The van der Waals surface area contributed by atoms with Crippen LogP contribution in [0.5, 0.6) is 0 Å². The second kappa shape index (κ2) is 4.81. The van der Waals surface area contributed by atoms with Crippen molar-refractivity contribution in [2.24, 2.45) is 5.41 Å². The number of hydrogen-bond acceptors (Lipinski definition) is 4. The molecule has 1 aromatic rings. The van der Waals surface area contributed by atoms with Crippen LogP contribution in [-0.4, -0.2) is 34.3 Å². The molecule has 0 radical (unpaired) electrons. The van der Waals surface area contributed by atoms with Gasteiger partial charge in [-0.05, 0) is 23.8 Å². The topological polar surface area (TPSA) is 58.9 Å². The van der Waals surface area contributed by atoms with Gasteiger partial charge in [0.1, 0.15) is 11.7 Å². The number of benzene rings is 1. The van der Waals surface area contributed by atoms with Crippen LogP contribution in [0.4, 0.5) is 0 Å². The number of ether oxygens (including phenoxy) is 2. The molecule has 0 bridgehead atoms. The van der Waals surface area contributed by atoms with Crippen molar-refractivity contribution in [2.75, 3.05) is 0 Å². The van der Waals surface area contributed by atoms with Crippen LogP contribution < -0.4 is 0 Å². The molecule has 110 valence electrons. The number of rotatable bonds is 3. The molecule has 2 aliphatic rings. The van der Waals surface area contributed by atoms with Gasteiger partial charge in [-0.25, -0.2) is 0 Å². The van der Waals surface area contributed by atoms with Crippen LogP contribution in [0.3, 0.4) is 0 Å². The van der Waals surface area contributed by atoms with E-state index in [1.807, 2.05) is 30.3 Å². The summed E-state index contributed by atoms with van der Waals surface area (Å²) in [6, 6.07) is 9.86. The third-order valence-corrected chi connectivity index (χ3v) is 4.71. The smallest absolute Gasteiger partial charge is 0.184 e. The van der Waals surface area contributed by atoms with Crippen molar-refractivity contribution < 1.29 is 19.7 Å². The lowest BCUT2D eigenvalue weighted by atomic mass is 9.85. The van der Waals surface area contributed by atoms with Crippen LogP contribution in [0, 0.1) is 5.41 Å². The largest absolute Gasteiger partial charge is 0.385 e. The second-order valence-corrected chi connectivity index (χ2v) is 6.57. The van der Waals surface area contributed by atoms with Gasteiger partial charge in [-0.2, -0.15) is 0 Å². The summed E-state index contributed by atoms with van der Waals surface area (Å²) in [7, 11) is 0. The maximum Gasteiger partial charge on any atom is 0.184 e. The van der Waals surface area contributed by atoms with E-state index in [1.54, 1.807) is 0 Å². The zero-order valence-corrected chi connectivity index (χ0v) is 12.0. The van der Waals surface area contributed by atoms with Gasteiger partial charge in [0.25, 0.3) is 0 Å². The fraction of sp³-hybridized carbons (Fsp3) is 0.625. The van der Waals surface area contributed by atoms with Gasteiger partial charge in [-0.15, -0.1) is 0 Å². The quantitative estimate of drug-likeness (QED) is 0.886. The van der Waals surface area contributed by atoms with E-state index in [0.717, 1.165) is 12.0 Å². The monoisotopic (exact) mass is 278 g/mol. The van der Waals surface area contributed by atoms with E-state index in [9.17, 15) is 10.2 Å². The van der Waals surface area contributed by atoms with Gasteiger partial charge >= 0.3 is 0 Å². The summed E-state index contributed by atoms with van der Waals surface area (Å²) in [6.07, 6.45) is -0.802. The molecule has 2 fully saturated rings. The summed E-state index contributed by atoms with van der Waals surface area (Å²) in [6.45, 7) is 4.60. The average molecular weight is 278 g/mol. The van der Waals surface area contributed by atoms with Gasteiger partial charge in [0.05, 0.1) is 12.7 Å². The minimum Gasteiger partial charge on any atom is -0.385 e. The Labute approximate surface area is 119 Å². The SMILES string of the molecule is CC1(C)CC[C@@]2(OCc3ccccc3)[C@@H]1OC(O)[C@@H]2O. The van der Waals surface area contributed by atoms with Crippen molar-refractivity contribution in [3.63, 3.8) is 0 Å². The van der Waals surface area contributed by atoms with Crippen LogP contribution in [0.15, 0.2) is 30.3 Å². The standard InChI is InChI=1S/C16H22O4/c1-15(2)8-9-16(12(17)13(18)20-14(15)16)19-10-11-6-4-3-5-7-11/h3-7,12-14,17-18H,8-10H2,1-2H3/t12-,13?,14+,16-/m0/s1. The lowest BCUT2D eigenvalue weighted by Gasteiger charge is -2.34. The van der Waals surface area contributed by atoms with Crippen molar-refractivity contribution in [3.05, 3.63) is 35.9 Å². The number of aliphatic hydroxyl groups excluding tert-OH is 2. The molecule has 20 heavy (non-hydrogen) atoms. The number of aliphatic hydroxyl groups is 2. The third-order valence-electron chi connectivity index (χ3n) is 4.71. The zero-order chi connectivity index (χ0) is 14.4. The summed E-state index contributed by atoms with van der Waals surface area (Å²) in [5.41, 5.74) is 0.160. The Kier molecular flexibility index (Phi) is 3.37. The van der Waals surface area contributed by atoms with Crippen LogP contribution in [0.2, 0.25) is 0 Å². The van der Waals surface area contributed by atoms with Crippen molar-refractivity contribution in [1.29, 1.82) is 0 Å². The Morgan fingerprint density at radius 3 is 2.60 bits per heavy atom. The molecule has 4 heteroatoms. The first-order valence-corrected chi connectivity index (χ1v) is 7.15. The van der Waals surface area contributed by atoms with Gasteiger partial charge in [-0.1, -0.05) is 44.2 Å². The lowest BCUT2D eigenvalue weighted by Crippen LogP contribution is -2.49. The number of hydrogen-bond donors (Lipinski definition) is 2. The summed E-state index contributed by atoms with van der Waals surface area (Å²) < 4.78 is 11.7. The average Bonchev–Trinajstić information content (AvgIpc) is 2.84. The van der Waals surface area contributed by atoms with Gasteiger partial charge < -0.3 is 19.7 Å². The van der Waals surface area contributed by atoms with E-state index in [4.69, 9.17) is 9.47 Å². The van der Waals surface area contributed by atoms with Crippen LogP contribution in [0.25, 0.3) is 0 Å².